The summed E-state index contributed by atoms with van der Waals surface area (Å²) < 4.78 is 13.1. The van der Waals surface area contributed by atoms with Crippen LogP contribution in [0.3, 0.4) is 0 Å². The van der Waals surface area contributed by atoms with Gasteiger partial charge in [0.1, 0.15) is 12.2 Å². The van der Waals surface area contributed by atoms with Crippen LogP contribution in [0.1, 0.15) is 55.6 Å². The van der Waals surface area contributed by atoms with E-state index in [-0.39, 0.29) is 6.04 Å². The van der Waals surface area contributed by atoms with Crippen molar-refractivity contribution in [3.8, 4) is 11.5 Å². The van der Waals surface area contributed by atoms with Gasteiger partial charge >= 0.3 is 0 Å². The van der Waals surface area contributed by atoms with Gasteiger partial charge in [-0.25, -0.2) is 9.67 Å². The Hall–Kier alpha value is -2.08. The summed E-state index contributed by atoms with van der Waals surface area (Å²) in [5.74, 6) is 2.62. The summed E-state index contributed by atoms with van der Waals surface area (Å²) in [6.45, 7) is 0.295. The number of fused-ring (bicyclic) bond motifs is 1. The van der Waals surface area contributed by atoms with Gasteiger partial charge in [0.2, 0.25) is 6.79 Å². The van der Waals surface area contributed by atoms with E-state index in [1.807, 2.05) is 6.07 Å². The van der Waals surface area contributed by atoms with Crippen molar-refractivity contribution in [2.75, 3.05) is 20.9 Å². The van der Waals surface area contributed by atoms with Crippen LogP contribution in [0.4, 0.5) is 0 Å². The van der Waals surface area contributed by atoms with Crippen molar-refractivity contribution >= 4 is 0 Å². The number of rotatable bonds is 4. The average Bonchev–Trinajstić information content (AvgIpc) is 3.24. The summed E-state index contributed by atoms with van der Waals surface area (Å²) >= 11 is 0. The van der Waals surface area contributed by atoms with Gasteiger partial charge in [-0.2, -0.15) is 5.10 Å². The van der Waals surface area contributed by atoms with Crippen LogP contribution in [0.5, 0.6) is 11.5 Å². The Morgan fingerprint density at radius 3 is 2.71 bits per heavy atom. The highest BCUT2D eigenvalue weighted by Crippen LogP contribution is 2.38. The molecule has 4 rings (SSSR count). The summed E-state index contributed by atoms with van der Waals surface area (Å²) in [6.07, 6.45) is 7.96. The molecule has 2 aliphatic rings. The second kappa shape index (κ2) is 6.43. The Balaban J connectivity index is 1.70. The molecule has 0 saturated heterocycles. The number of ether oxygens (including phenoxy) is 2. The standard InChI is InChI=1S/C18H24N4O2/c1-21(2)17(13-8-9-15-16(10-13)24-12-23-15)18-19-11-20-22(18)14-6-4-3-5-7-14/h8-11,14,17H,3-7,12H2,1-2H3/t17-/m0/s1. The Morgan fingerprint density at radius 2 is 1.92 bits per heavy atom. The van der Waals surface area contributed by atoms with Crippen molar-refractivity contribution in [1.29, 1.82) is 0 Å². The van der Waals surface area contributed by atoms with Crippen molar-refractivity contribution in [3.05, 3.63) is 35.9 Å². The molecule has 1 fully saturated rings. The molecule has 0 amide bonds. The molecule has 24 heavy (non-hydrogen) atoms. The SMILES string of the molecule is CN(C)[C@@H](c1ccc2c(c1)OCO2)c1ncnn1C1CCCCC1. The molecular formula is C18H24N4O2. The normalized spacial score (nSPS) is 19.0. The topological polar surface area (TPSA) is 52.4 Å². The summed E-state index contributed by atoms with van der Waals surface area (Å²) in [5.41, 5.74) is 1.15. The summed E-state index contributed by atoms with van der Waals surface area (Å²) in [7, 11) is 4.16. The van der Waals surface area contributed by atoms with E-state index < -0.39 is 0 Å². The lowest BCUT2D eigenvalue weighted by molar-refractivity contribution is 0.174. The third-order valence-corrected chi connectivity index (χ3v) is 4.99. The lowest BCUT2D eigenvalue weighted by atomic mass is 9.95. The van der Waals surface area contributed by atoms with E-state index in [1.165, 1.54) is 32.1 Å². The molecule has 0 spiro atoms. The third kappa shape index (κ3) is 2.75. The maximum atomic E-state index is 5.55. The molecular weight excluding hydrogens is 304 g/mol. The highest BCUT2D eigenvalue weighted by molar-refractivity contribution is 5.46. The minimum Gasteiger partial charge on any atom is -0.454 e. The number of hydrogen-bond acceptors (Lipinski definition) is 5. The fourth-order valence-corrected chi connectivity index (χ4v) is 3.82. The van der Waals surface area contributed by atoms with Crippen molar-refractivity contribution < 1.29 is 9.47 Å². The van der Waals surface area contributed by atoms with Crippen molar-refractivity contribution in [2.45, 2.75) is 44.2 Å². The molecule has 1 saturated carbocycles. The zero-order valence-corrected chi connectivity index (χ0v) is 14.3. The van der Waals surface area contributed by atoms with Crippen LogP contribution in [0.15, 0.2) is 24.5 Å². The lowest BCUT2D eigenvalue weighted by Crippen LogP contribution is -2.27. The van der Waals surface area contributed by atoms with E-state index in [2.05, 4.69) is 45.9 Å². The highest BCUT2D eigenvalue weighted by Gasteiger charge is 2.28. The molecule has 0 unspecified atom stereocenters. The Kier molecular flexibility index (Phi) is 4.14. The number of benzene rings is 1. The van der Waals surface area contributed by atoms with Gasteiger partial charge in [-0.1, -0.05) is 25.3 Å². The maximum Gasteiger partial charge on any atom is 0.231 e. The molecule has 2 heterocycles. The maximum absolute atomic E-state index is 5.55. The van der Waals surface area contributed by atoms with E-state index in [4.69, 9.17) is 9.47 Å². The minimum absolute atomic E-state index is 0.0453. The van der Waals surface area contributed by atoms with Gasteiger partial charge in [-0.05, 0) is 44.6 Å². The molecule has 0 radical (unpaired) electrons. The zero-order chi connectivity index (χ0) is 16.5. The van der Waals surface area contributed by atoms with E-state index in [0.29, 0.717) is 12.8 Å². The van der Waals surface area contributed by atoms with Crippen LogP contribution >= 0.6 is 0 Å². The van der Waals surface area contributed by atoms with Crippen LogP contribution in [0, 0.1) is 0 Å². The van der Waals surface area contributed by atoms with Gasteiger partial charge in [0.15, 0.2) is 11.5 Å². The monoisotopic (exact) mass is 328 g/mol. The van der Waals surface area contributed by atoms with Crippen molar-refractivity contribution in [1.82, 2.24) is 19.7 Å². The third-order valence-electron chi connectivity index (χ3n) is 4.99. The first-order valence-corrected chi connectivity index (χ1v) is 8.69. The quantitative estimate of drug-likeness (QED) is 0.863. The Labute approximate surface area is 142 Å². The zero-order valence-electron chi connectivity index (χ0n) is 14.3. The van der Waals surface area contributed by atoms with E-state index in [9.17, 15) is 0 Å². The first-order chi connectivity index (χ1) is 11.7. The average molecular weight is 328 g/mol. The predicted molar refractivity (Wildman–Crippen MR) is 90.2 cm³/mol. The van der Waals surface area contributed by atoms with E-state index >= 15 is 0 Å². The summed E-state index contributed by atoms with van der Waals surface area (Å²) in [6, 6.07) is 6.65. The molecule has 1 aromatic carbocycles. The second-order valence-corrected chi connectivity index (χ2v) is 6.83. The largest absolute Gasteiger partial charge is 0.454 e. The fourth-order valence-electron chi connectivity index (χ4n) is 3.82. The predicted octanol–water partition coefficient (Wildman–Crippen LogP) is 3.16. The van der Waals surface area contributed by atoms with Crippen LogP contribution in [0.25, 0.3) is 0 Å². The second-order valence-electron chi connectivity index (χ2n) is 6.83. The van der Waals surface area contributed by atoms with Gasteiger partial charge in [-0.3, -0.25) is 4.90 Å². The van der Waals surface area contributed by atoms with E-state index in [1.54, 1.807) is 6.33 Å². The smallest absolute Gasteiger partial charge is 0.231 e. The fraction of sp³-hybridized carbons (Fsp3) is 0.556. The molecule has 0 bridgehead atoms. The van der Waals surface area contributed by atoms with E-state index in [0.717, 1.165) is 22.9 Å². The van der Waals surface area contributed by atoms with Crippen LogP contribution in [-0.4, -0.2) is 40.6 Å². The first kappa shape index (κ1) is 15.4. The first-order valence-electron chi connectivity index (χ1n) is 8.69. The van der Waals surface area contributed by atoms with Crippen molar-refractivity contribution in [2.24, 2.45) is 0 Å². The van der Waals surface area contributed by atoms with Crippen molar-refractivity contribution in [3.63, 3.8) is 0 Å². The molecule has 128 valence electrons. The summed E-state index contributed by atoms with van der Waals surface area (Å²) in [5, 5.41) is 4.56. The molecule has 1 atom stereocenters. The van der Waals surface area contributed by atoms with Gasteiger partial charge < -0.3 is 9.47 Å². The molecule has 1 aliphatic heterocycles. The molecule has 1 aliphatic carbocycles. The summed E-state index contributed by atoms with van der Waals surface area (Å²) in [4.78, 5) is 6.80. The van der Waals surface area contributed by atoms with Gasteiger partial charge in [-0.15, -0.1) is 0 Å². The Morgan fingerprint density at radius 1 is 1.12 bits per heavy atom. The number of hydrogen-bond donors (Lipinski definition) is 0. The molecule has 6 nitrogen and oxygen atoms in total. The van der Waals surface area contributed by atoms with Gasteiger partial charge in [0.25, 0.3) is 0 Å². The molecule has 6 heteroatoms. The van der Waals surface area contributed by atoms with Crippen LogP contribution < -0.4 is 9.47 Å². The van der Waals surface area contributed by atoms with Crippen LogP contribution in [-0.2, 0) is 0 Å². The number of aromatic nitrogens is 3. The molecule has 1 aromatic heterocycles. The lowest BCUT2D eigenvalue weighted by Gasteiger charge is -2.29. The van der Waals surface area contributed by atoms with Gasteiger partial charge in [0, 0.05) is 0 Å². The highest BCUT2D eigenvalue weighted by atomic mass is 16.7. The van der Waals surface area contributed by atoms with Gasteiger partial charge in [0.05, 0.1) is 12.1 Å². The molecule has 2 aromatic rings. The molecule has 0 N–H and O–H groups in total. The minimum atomic E-state index is 0.0453. The number of nitrogens with zero attached hydrogens (tertiary/aromatic N) is 4. The van der Waals surface area contributed by atoms with Crippen LogP contribution in [0.2, 0.25) is 0 Å². The Bertz CT molecular complexity index is 707.